The Bertz CT molecular complexity index is 725. The Morgan fingerprint density at radius 1 is 1.17 bits per heavy atom. The van der Waals surface area contributed by atoms with Gasteiger partial charge in [0.2, 0.25) is 5.91 Å². The molecule has 0 saturated carbocycles. The zero-order chi connectivity index (χ0) is 16.8. The smallest absolute Gasteiger partial charge is 0.248 e. The van der Waals surface area contributed by atoms with Crippen molar-refractivity contribution >= 4 is 40.9 Å². The van der Waals surface area contributed by atoms with Crippen molar-refractivity contribution in [3.05, 3.63) is 69.7 Å². The highest BCUT2D eigenvalue weighted by molar-refractivity contribution is 6.42. The van der Waals surface area contributed by atoms with Crippen LogP contribution in [0.2, 0.25) is 10.0 Å². The van der Waals surface area contributed by atoms with E-state index in [0.29, 0.717) is 16.0 Å². The summed E-state index contributed by atoms with van der Waals surface area (Å²) in [6.45, 7) is 4.28. The number of carbonyl (C=O) groups is 1. The van der Waals surface area contributed by atoms with Crippen LogP contribution in [0.5, 0.6) is 0 Å². The highest BCUT2D eigenvalue weighted by Crippen LogP contribution is 2.26. The van der Waals surface area contributed by atoms with Crippen LogP contribution >= 0.6 is 23.2 Å². The van der Waals surface area contributed by atoms with Crippen LogP contribution in [0.4, 0.5) is 5.69 Å². The molecule has 0 aliphatic heterocycles. The lowest BCUT2D eigenvalue weighted by molar-refractivity contribution is -0.111. The molecule has 0 bridgehead atoms. The van der Waals surface area contributed by atoms with Crippen molar-refractivity contribution in [2.45, 2.75) is 26.2 Å². The molecule has 0 saturated heterocycles. The van der Waals surface area contributed by atoms with Gasteiger partial charge >= 0.3 is 0 Å². The van der Waals surface area contributed by atoms with Crippen LogP contribution in [-0.2, 0) is 4.79 Å². The molecule has 0 aliphatic carbocycles. The summed E-state index contributed by atoms with van der Waals surface area (Å²) in [7, 11) is 0. The SMILES string of the molecule is CC[C@H](C)c1ccccc1NC(=O)/C=C/c1ccc(Cl)c(Cl)c1. The number of amides is 1. The monoisotopic (exact) mass is 347 g/mol. The van der Waals surface area contributed by atoms with Gasteiger partial charge in [0.15, 0.2) is 0 Å². The van der Waals surface area contributed by atoms with Crippen molar-refractivity contribution in [2.75, 3.05) is 5.32 Å². The maximum absolute atomic E-state index is 12.1. The van der Waals surface area contributed by atoms with Crippen molar-refractivity contribution in [3.8, 4) is 0 Å². The van der Waals surface area contributed by atoms with Crippen molar-refractivity contribution in [1.29, 1.82) is 0 Å². The van der Waals surface area contributed by atoms with E-state index in [4.69, 9.17) is 23.2 Å². The number of para-hydroxylation sites is 1. The molecule has 120 valence electrons. The summed E-state index contributed by atoms with van der Waals surface area (Å²) in [6, 6.07) is 13.1. The molecule has 4 heteroatoms. The Balaban J connectivity index is 2.10. The third-order valence-electron chi connectivity index (χ3n) is 3.73. The average molecular weight is 348 g/mol. The second-order valence-corrected chi connectivity index (χ2v) is 6.21. The van der Waals surface area contributed by atoms with Crippen LogP contribution in [0.15, 0.2) is 48.5 Å². The predicted molar refractivity (Wildman–Crippen MR) is 99.3 cm³/mol. The molecular weight excluding hydrogens is 329 g/mol. The normalized spacial score (nSPS) is 12.3. The molecule has 23 heavy (non-hydrogen) atoms. The van der Waals surface area contributed by atoms with Gasteiger partial charge in [0.05, 0.1) is 10.0 Å². The second-order valence-electron chi connectivity index (χ2n) is 5.39. The number of benzene rings is 2. The van der Waals surface area contributed by atoms with Crippen LogP contribution in [0.25, 0.3) is 6.08 Å². The van der Waals surface area contributed by atoms with E-state index in [1.165, 1.54) is 6.08 Å². The molecule has 1 N–H and O–H groups in total. The molecule has 2 aromatic carbocycles. The van der Waals surface area contributed by atoms with Gasteiger partial charge in [-0.3, -0.25) is 4.79 Å². The van der Waals surface area contributed by atoms with Gasteiger partial charge in [-0.05, 0) is 47.7 Å². The molecule has 2 rings (SSSR count). The molecule has 0 aliphatic rings. The molecule has 1 atom stereocenters. The first-order valence-electron chi connectivity index (χ1n) is 7.54. The Morgan fingerprint density at radius 3 is 2.61 bits per heavy atom. The third-order valence-corrected chi connectivity index (χ3v) is 4.47. The summed E-state index contributed by atoms with van der Waals surface area (Å²) in [5.74, 6) is 0.220. The minimum atomic E-state index is -0.174. The van der Waals surface area contributed by atoms with Crippen LogP contribution in [0.3, 0.4) is 0 Å². The zero-order valence-electron chi connectivity index (χ0n) is 13.1. The number of anilines is 1. The molecule has 0 spiro atoms. The summed E-state index contributed by atoms with van der Waals surface area (Å²) in [6.07, 6.45) is 4.22. The van der Waals surface area contributed by atoms with Gasteiger partial charge in [-0.1, -0.05) is 61.3 Å². The first-order chi connectivity index (χ1) is 11.0. The molecule has 2 aromatic rings. The molecule has 2 nitrogen and oxygen atoms in total. The highest BCUT2D eigenvalue weighted by atomic mass is 35.5. The second kappa shape index (κ2) is 8.19. The molecule has 0 fully saturated rings. The fourth-order valence-corrected chi connectivity index (χ4v) is 2.53. The van der Waals surface area contributed by atoms with Crippen LogP contribution in [0.1, 0.15) is 37.3 Å². The summed E-state index contributed by atoms with van der Waals surface area (Å²) < 4.78 is 0. The quantitative estimate of drug-likeness (QED) is 0.644. The fraction of sp³-hybridized carbons (Fsp3) is 0.211. The largest absolute Gasteiger partial charge is 0.322 e. The lowest BCUT2D eigenvalue weighted by atomic mass is 9.97. The van der Waals surface area contributed by atoms with Crippen LogP contribution < -0.4 is 5.32 Å². The Hall–Kier alpha value is -1.77. The fourth-order valence-electron chi connectivity index (χ4n) is 2.22. The van der Waals surface area contributed by atoms with Crippen molar-refractivity contribution in [3.63, 3.8) is 0 Å². The van der Waals surface area contributed by atoms with Gasteiger partial charge in [0.25, 0.3) is 0 Å². The zero-order valence-corrected chi connectivity index (χ0v) is 14.7. The van der Waals surface area contributed by atoms with E-state index in [1.54, 1.807) is 18.2 Å². The van der Waals surface area contributed by atoms with Crippen LogP contribution in [0, 0.1) is 0 Å². The lowest BCUT2D eigenvalue weighted by Gasteiger charge is -2.14. The summed E-state index contributed by atoms with van der Waals surface area (Å²) in [5, 5.41) is 3.90. The minimum Gasteiger partial charge on any atom is -0.322 e. The van der Waals surface area contributed by atoms with E-state index in [9.17, 15) is 4.79 Å². The van der Waals surface area contributed by atoms with Crippen molar-refractivity contribution in [2.24, 2.45) is 0 Å². The van der Waals surface area contributed by atoms with E-state index < -0.39 is 0 Å². The van der Waals surface area contributed by atoms with Gasteiger partial charge in [-0.25, -0.2) is 0 Å². The predicted octanol–water partition coefficient (Wildman–Crippen LogP) is 6.16. The molecule has 0 aromatic heterocycles. The van der Waals surface area contributed by atoms with Gasteiger partial charge in [0.1, 0.15) is 0 Å². The van der Waals surface area contributed by atoms with E-state index in [-0.39, 0.29) is 5.91 Å². The summed E-state index contributed by atoms with van der Waals surface area (Å²) in [5.41, 5.74) is 2.82. The number of carbonyl (C=O) groups excluding carboxylic acids is 1. The standard InChI is InChI=1S/C19H19Cl2NO/c1-3-13(2)15-6-4-5-7-18(15)22-19(23)11-9-14-8-10-16(20)17(21)12-14/h4-13H,3H2,1-2H3,(H,22,23)/b11-9+/t13-/m0/s1. The first-order valence-corrected chi connectivity index (χ1v) is 8.30. The maximum atomic E-state index is 12.1. The first kappa shape index (κ1) is 17.6. The topological polar surface area (TPSA) is 29.1 Å². The number of halogens is 2. The van der Waals surface area contributed by atoms with E-state index in [2.05, 4.69) is 19.2 Å². The van der Waals surface area contributed by atoms with Gasteiger partial charge < -0.3 is 5.32 Å². The Labute approximate surface area is 147 Å². The van der Waals surface area contributed by atoms with Crippen molar-refractivity contribution in [1.82, 2.24) is 0 Å². The van der Waals surface area contributed by atoms with Gasteiger partial charge in [0, 0.05) is 11.8 Å². The lowest BCUT2D eigenvalue weighted by Crippen LogP contribution is -2.10. The summed E-state index contributed by atoms with van der Waals surface area (Å²) >= 11 is 11.8. The van der Waals surface area contributed by atoms with Gasteiger partial charge in [-0.15, -0.1) is 0 Å². The maximum Gasteiger partial charge on any atom is 0.248 e. The number of hydrogen-bond acceptors (Lipinski definition) is 1. The van der Waals surface area contributed by atoms with E-state index >= 15 is 0 Å². The molecule has 0 unspecified atom stereocenters. The number of hydrogen-bond donors (Lipinski definition) is 1. The van der Waals surface area contributed by atoms with Crippen LogP contribution in [-0.4, -0.2) is 5.91 Å². The number of rotatable bonds is 5. The Kier molecular flexibility index (Phi) is 6.26. The third kappa shape index (κ3) is 4.85. The van der Waals surface area contributed by atoms with Gasteiger partial charge in [-0.2, -0.15) is 0 Å². The Morgan fingerprint density at radius 2 is 1.91 bits per heavy atom. The average Bonchev–Trinajstić information content (AvgIpc) is 2.55. The van der Waals surface area contributed by atoms with E-state index in [0.717, 1.165) is 23.2 Å². The van der Waals surface area contributed by atoms with E-state index in [1.807, 2.05) is 30.3 Å². The minimum absolute atomic E-state index is 0.174. The molecule has 1 amide bonds. The molecular formula is C19H19Cl2NO. The highest BCUT2D eigenvalue weighted by Gasteiger charge is 2.09. The molecule has 0 radical (unpaired) electrons. The van der Waals surface area contributed by atoms with Crippen molar-refractivity contribution < 1.29 is 4.79 Å². The summed E-state index contributed by atoms with van der Waals surface area (Å²) in [4.78, 5) is 12.1. The number of nitrogens with one attached hydrogen (secondary N) is 1. The molecule has 0 heterocycles.